The molecule has 0 fully saturated rings. The molecule has 33 heavy (non-hydrogen) atoms. The van der Waals surface area contributed by atoms with Gasteiger partial charge in [0, 0.05) is 16.8 Å². The van der Waals surface area contributed by atoms with Crippen LogP contribution in [-0.2, 0) is 15.2 Å². The third-order valence-electron chi connectivity index (χ3n) is 5.66. The summed E-state index contributed by atoms with van der Waals surface area (Å²) in [5, 5.41) is 15.8. The van der Waals surface area contributed by atoms with Crippen LogP contribution in [0.3, 0.4) is 0 Å². The Balaban J connectivity index is 1.64. The molecular weight excluding hydrogens is 426 g/mol. The van der Waals surface area contributed by atoms with Crippen molar-refractivity contribution in [2.24, 2.45) is 11.1 Å². The van der Waals surface area contributed by atoms with Crippen LogP contribution in [-0.4, -0.2) is 31.1 Å². The predicted octanol–water partition coefficient (Wildman–Crippen LogP) is 3.27. The standard InChI is InChI=1S/C24H17N3O6/c1-30-19-13-14(8-9-17(19)32-12-10-25)21-20(22(28)18-7-4-11-31-18)24(33-27-21)15-5-2-3-6-16(15)26-23(24)29/h2-9,11,13,20H,12H2,1H3,(H,26,29). The first-order valence-corrected chi connectivity index (χ1v) is 10.0. The molecular formula is C24H17N3O6. The number of rotatable bonds is 6. The molecule has 9 nitrogen and oxygen atoms in total. The van der Waals surface area contributed by atoms with E-state index in [0.717, 1.165) is 0 Å². The zero-order valence-electron chi connectivity index (χ0n) is 17.4. The number of ketones is 1. The van der Waals surface area contributed by atoms with Crippen molar-refractivity contribution in [3.8, 4) is 17.6 Å². The van der Waals surface area contributed by atoms with Crippen LogP contribution in [0.4, 0.5) is 5.69 Å². The Morgan fingerprint density at radius 2 is 2.06 bits per heavy atom. The number of fused-ring (bicyclic) bond motifs is 2. The van der Waals surface area contributed by atoms with Crippen molar-refractivity contribution < 1.29 is 28.3 Å². The molecule has 2 unspecified atom stereocenters. The molecule has 1 aromatic heterocycles. The van der Waals surface area contributed by atoms with Crippen molar-refractivity contribution in [3.05, 3.63) is 77.7 Å². The highest BCUT2D eigenvalue weighted by Crippen LogP contribution is 2.50. The number of hydrogen-bond donors (Lipinski definition) is 1. The fourth-order valence-electron chi connectivity index (χ4n) is 4.20. The number of para-hydroxylation sites is 1. The molecule has 0 aliphatic carbocycles. The van der Waals surface area contributed by atoms with E-state index >= 15 is 0 Å². The average Bonchev–Trinajstić information content (AvgIpc) is 3.57. The first kappa shape index (κ1) is 20.3. The molecule has 0 bridgehead atoms. The summed E-state index contributed by atoms with van der Waals surface area (Å²) in [6, 6.07) is 16.9. The number of nitriles is 1. The van der Waals surface area contributed by atoms with Gasteiger partial charge >= 0.3 is 0 Å². The number of nitrogens with zero attached hydrogens (tertiary/aromatic N) is 2. The summed E-state index contributed by atoms with van der Waals surface area (Å²) >= 11 is 0. The molecule has 1 spiro atoms. The van der Waals surface area contributed by atoms with Gasteiger partial charge in [0.1, 0.15) is 17.7 Å². The number of oxime groups is 1. The van der Waals surface area contributed by atoms with Crippen LogP contribution in [0, 0.1) is 17.2 Å². The minimum Gasteiger partial charge on any atom is -0.493 e. The van der Waals surface area contributed by atoms with Gasteiger partial charge in [-0.1, -0.05) is 23.4 Å². The van der Waals surface area contributed by atoms with Gasteiger partial charge in [0.25, 0.3) is 11.5 Å². The number of carbonyl (C=O) groups excluding carboxylic acids is 2. The summed E-state index contributed by atoms with van der Waals surface area (Å²) in [5.41, 5.74) is 0.121. The fourth-order valence-corrected chi connectivity index (χ4v) is 4.20. The van der Waals surface area contributed by atoms with Gasteiger partial charge in [0.05, 0.1) is 13.4 Å². The minimum atomic E-state index is -1.68. The molecule has 2 aliphatic rings. The molecule has 9 heteroatoms. The van der Waals surface area contributed by atoms with Crippen molar-refractivity contribution in [3.63, 3.8) is 0 Å². The van der Waals surface area contributed by atoms with Crippen molar-refractivity contribution >= 4 is 23.1 Å². The summed E-state index contributed by atoms with van der Waals surface area (Å²) in [4.78, 5) is 32.7. The third-order valence-corrected chi connectivity index (χ3v) is 5.66. The molecule has 164 valence electrons. The number of Topliss-reactive ketones (excluding diaryl/α,β-unsaturated/α-hetero) is 1. The van der Waals surface area contributed by atoms with Gasteiger partial charge in [-0.3, -0.25) is 9.59 Å². The van der Waals surface area contributed by atoms with E-state index in [1.807, 2.05) is 6.07 Å². The highest BCUT2D eigenvalue weighted by Gasteiger charge is 2.63. The second-order valence-electron chi connectivity index (χ2n) is 7.39. The number of hydrogen-bond acceptors (Lipinski definition) is 8. The van der Waals surface area contributed by atoms with Gasteiger partial charge in [-0.05, 0) is 36.4 Å². The molecule has 1 N–H and O–H groups in total. The zero-order valence-corrected chi connectivity index (χ0v) is 17.4. The lowest BCUT2D eigenvalue weighted by Crippen LogP contribution is -2.46. The van der Waals surface area contributed by atoms with E-state index in [1.54, 1.807) is 48.5 Å². The van der Waals surface area contributed by atoms with Crippen molar-refractivity contribution in [1.82, 2.24) is 0 Å². The molecule has 0 saturated carbocycles. The predicted molar refractivity (Wildman–Crippen MR) is 115 cm³/mol. The number of methoxy groups -OCH3 is 1. The van der Waals surface area contributed by atoms with Crippen LogP contribution < -0.4 is 14.8 Å². The number of furan rings is 1. The normalized spacial score (nSPS) is 20.4. The van der Waals surface area contributed by atoms with Crippen molar-refractivity contribution in [2.45, 2.75) is 5.60 Å². The summed E-state index contributed by atoms with van der Waals surface area (Å²) in [5.74, 6) is -1.29. The molecule has 2 atom stereocenters. The number of amides is 1. The maximum atomic E-state index is 13.6. The maximum absolute atomic E-state index is 13.6. The van der Waals surface area contributed by atoms with E-state index in [4.69, 9.17) is 24.0 Å². The smallest absolute Gasteiger partial charge is 0.277 e. The van der Waals surface area contributed by atoms with Crippen LogP contribution in [0.2, 0.25) is 0 Å². The van der Waals surface area contributed by atoms with Gasteiger partial charge in [-0.2, -0.15) is 5.26 Å². The Labute approximate surface area is 188 Å². The van der Waals surface area contributed by atoms with Gasteiger partial charge in [0.15, 0.2) is 23.9 Å². The Bertz CT molecular complexity index is 1320. The van der Waals surface area contributed by atoms with Crippen molar-refractivity contribution in [1.29, 1.82) is 5.26 Å². The Kier molecular flexibility index (Phi) is 4.83. The van der Waals surface area contributed by atoms with Gasteiger partial charge in [-0.25, -0.2) is 0 Å². The van der Waals surface area contributed by atoms with Crippen LogP contribution >= 0.6 is 0 Å². The van der Waals surface area contributed by atoms with Crippen LogP contribution in [0.15, 0.2) is 70.4 Å². The lowest BCUT2D eigenvalue weighted by Gasteiger charge is -2.26. The lowest BCUT2D eigenvalue weighted by atomic mass is 9.75. The highest BCUT2D eigenvalue weighted by molar-refractivity contribution is 6.24. The summed E-state index contributed by atoms with van der Waals surface area (Å²) in [6.07, 6.45) is 1.39. The Morgan fingerprint density at radius 3 is 2.82 bits per heavy atom. The second-order valence-corrected chi connectivity index (χ2v) is 7.39. The minimum absolute atomic E-state index is 0.0793. The molecule has 1 amide bonds. The molecule has 0 radical (unpaired) electrons. The second kappa shape index (κ2) is 7.84. The lowest BCUT2D eigenvalue weighted by molar-refractivity contribution is -0.140. The fraction of sp³-hybridized carbons (Fsp3) is 0.167. The maximum Gasteiger partial charge on any atom is 0.277 e. The number of nitrogens with one attached hydrogen (secondary N) is 1. The van der Waals surface area contributed by atoms with Crippen LogP contribution in [0.1, 0.15) is 21.7 Å². The summed E-state index contributed by atoms with van der Waals surface area (Å²) in [6.45, 7) is -0.153. The Hall–Kier alpha value is -4.58. The molecule has 5 rings (SSSR count). The largest absolute Gasteiger partial charge is 0.493 e. The van der Waals surface area contributed by atoms with E-state index in [9.17, 15) is 9.59 Å². The van der Waals surface area contributed by atoms with E-state index in [2.05, 4.69) is 10.5 Å². The number of ether oxygens (including phenoxy) is 2. The van der Waals surface area contributed by atoms with Gasteiger partial charge in [-0.15, -0.1) is 0 Å². The monoisotopic (exact) mass is 443 g/mol. The molecule has 3 aromatic rings. The molecule has 3 heterocycles. The molecule has 2 aromatic carbocycles. The number of anilines is 1. The third kappa shape index (κ3) is 3.03. The van der Waals surface area contributed by atoms with Gasteiger partial charge in [0.2, 0.25) is 5.78 Å². The first-order chi connectivity index (χ1) is 16.1. The highest BCUT2D eigenvalue weighted by atomic mass is 16.7. The number of benzene rings is 2. The van der Waals surface area contributed by atoms with E-state index < -0.39 is 23.2 Å². The summed E-state index contributed by atoms with van der Waals surface area (Å²) < 4.78 is 16.1. The first-order valence-electron chi connectivity index (χ1n) is 10.0. The summed E-state index contributed by atoms with van der Waals surface area (Å²) in [7, 11) is 1.46. The number of carbonyl (C=O) groups is 2. The topological polar surface area (TPSA) is 123 Å². The van der Waals surface area contributed by atoms with E-state index in [-0.39, 0.29) is 18.1 Å². The molecule has 2 aliphatic heterocycles. The van der Waals surface area contributed by atoms with Crippen LogP contribution in [0.5, 0.6) is 11.5 Å². The Morgan fingerprint density at radius 1 is 1.21 bits per heavy atom. The van der Waals surface area contributed by atoms with E-state index in [0.29, 0.717) is 28.3 Å². The molecule has 0 saturated heterocycles. The SMILES string of the molecule is COc1cc(C2=NOC3(C(=O)Nc4ccccc43)C2C(=O)c2ccco2)ccc1OCC#N. The van der Waals surface area contributed by atoms with E-state index in [1.165, 1.54) is 19.4 Å². The zero-order chi connectivity index (χ0) is 23.0. The average molecular weight is 443 g/mol. The quantitative estimate of drug-likeness (QED) is 0.580. The van der Waals surface area contributed by atoms with Gasteiger partial charge < -0.3 is 24.0 Å². The van der Waals surface area contributed by atoms with Crippen LogP contribution in [0.25, 0.3) is 0 Å². The van der Waals surface area contributed by atoms with Crippen molar-refractivity contribution in [2.75, 3.05) is 19.0 Å².